The Balaban J connectivity index is 1.69. The first-order valence-corrected chi connectivity index (χ1v) is 5.27. The monoisotopic (exact) mass is 214 g/mol. The van der Waals surface area contributed by atoms with Gasteiger partial charge in [0.15, 0.2) is 0 Å². The van der Waals surface area contributed by atoms with E-state index in [1.807, 2.05) is 48.5 Å². The molecule has 2 aromatic carbocycles. The van der Waals surface area contributed by atoms with Gasteiger partial charge in [-0.2, -0.15) is 35.9 Å². The number of amides is 2. The number of hydrogen-bond acceptors (Lipinski definition) is 1. The van der Waals surface area contributed by atoms with E-state index in [2.05, 4.69) is 10.6 Å². The van der Waals surface area contributed by atoms with Crippen LogP contribution in [0.4, 0.5) is 4.79 Å². The molecule has 2 N–H and O–H groups in total. The molecule has 2 aromatic rings. The Bertz CT molecular complexity index is 374. The Morgan fingerprint density at radius 3 is 2.75 bits per heavy atom. The van der Waals surface area contributed by atoms with Crippen LogP contribution in [0, 0.1) is 0 Å². The molecule has 0 aromatic heterocycles. The smallest absolute Gasteiger partial charge is 0.314 e. The van der Waals surface area contributed by atoms with Gasteiger partial charge in [-0.05, 0) is 6.54 Å². The Kier molecular flexibility index (Phi) is 3.38. The fraction of sp³-hybridized carbons (Fsp3) is 0.154. The van der Waals surface area contributed by atoms with Gasteiger partial charge in [0, 0.05) is 6.54 Å². The van der Waals surface area contributed by atoms with E-state index in [4.69, 9.17) is 0 Å². The topological polar surface area (TPSA) is 41.1 Å². The molecular formula is C13H14N2O-2. The van der Waals surface area contributed by atoms with Crippen LogP contribution >= 0.6 is 0 Å². The van der Waals surface area contributed by atoms with Gasteiger partial charge in [0.05, 0.1) is 0 Å². The molecule has 0 spiro atoms. The normalized spacial score (nSPS) is 10.0. The summed E-state index contributed by atoms with van der Waals surface area (Å²) in [5.74, 6) is 0. The second-order valence-corrected chi connectivity index (χ2v) is 3.62. The van der Waals surface area contributed by atoms with Crippen LogP contribution in [0.3, 0.4) is 0 Å². The zero-order valence-corrected chi connectivity index (χ0v) is 8.94. The molecule has 2 amide bonds. The standard InChI is InChI=1S/C13H14N2O/c16-13(14-9-11-5-1-2-6-11)15-10-12-7-3-4-8-12/h1-8H,9-10H2,(H2,14,15,16)/q-2. The van der Waals surface area contributed by atoms with Crippen molar-refractivity contribution < 1.29 is 4.79 Å². The quantitative estimate of drug-likeness (QED) is 0.752. The van der Waals surface area contributed by atoms with Gasteiger partial charge in [-0.1, -0.05) is 0 Å². The minimum Gasteiger partial charge on any atom is -0.346 e. The lowest BCUT2D eigenvalue weighted by atomic mass is 10.3. The van der Waals surface area contributed by atoms with Crippen molar-refractivity contribution in [3.63, 3.8) is 0 Å². The van der Waals surface area contributed by atoms with Crippen molar-refractivity contribution in [3.05, 3.63) is 59.7 Å². The Morgan fingerprint density at radius 2 is 2.06 bits per heavy atom. The fourth-order valence-electron chi connectivity index (χ4n) is 1.49. The van der Waals surface area contributed by atoms with E-state index in [0.717, 1.165) is 11.1 Å². The van der Waals surface area contributed by atoms with Crippen LogP contribution in [0.5, 0.6) is 0 Å². The molecule has 0 radical (unpaired) electrons. The van der Waals surface area contributed by atoms with Crippen molar-refractivity contribution in [2.45, 2.75) is 13.1 Å². The second kappa shape index (κ2) is 5.16. The molecule has 2 rings (SSSR count). The van der Waals surface area contributed by atoms with Crippen molar-refractivity contribution >= 4 is 6.03 Å². The molecule has 0 aliphatic rings. The SMILES string of the molecule is O=C(NCc1cc[cH-]c1)NCc1ccc[cH-]1. The van der Waals surface area contributed by atoms with Gasteiger partial charge in [0.1, 0.15) is 0 Å². The van der Waals surface area contributed by atoms with Crippen molar-refractivity contribution in [3.8, 4) is 0 Å². The van der Waals surface area contributed by atoms with Gasteiger partial charge in [-0.3, -0.25) is 0 Å². The molecule has 0 bridgehead atoms. The number of hydrogen-bond donors (Lipinski definition) is 2. The molecule has 0 atom stereocenters. The van der Waals surface area contributed by atoms with Crippen molar-refractivity contribution in [1.29, 1.82) is 0 Å². The number of urea groups is 1. The summed E-state index contributed by atoms with van der Waals surface area (Å²) in [5, 5.41) is 5.59. The predicted molar refractivity (Wildman–Crippen MR) is 63.1 cm³/mol. The molecule has 0 aliphatic heterocycles. The molecule has 0 unspecified atom stereocenters. The van der Waals surface area contributed by atoms with Crippen LogP contribution in [0.1, 0.15) is 11.1 Å². The molecule has 0 aliphatic carbocycles. The maximum Gasteiger partial charge on any atom is 0.314 e. The summed E-state index contributed by atoms with van der Waals surface area (Å²) < 4.78 is 0. The molecular weight excluding hydrogens is 200 g/mol. The van der Waals surface area contributed by atoms with Crippen LogP contribution in [0.2, 0.25) is 0 Å². The first-order valence-electron chi connectivity index (χ1n) is 5.27. The highest BCUT2D eigenvalue weighted by atomic mass is 16.2. The van der Waals surface area contributed by atoms with Gasteiger partial charge in [0.25, 0.3) is 0 Å². The minimum absolute atomic E-state index is 0.137. The Hall–Kier alpha value is -2.03. The van der Waals surface area contributed by atoms with Crippen molar-refractivity contribution in [1.82, 2.24) is 10.6 Å². The van der Waals surface area contributed by atoms with Crippen LogP contribution in [0.15, 0.2) is 48.5 Å². The lowest BCUT2D eigenvalue weighted by molar-refractivity contribution is 0.240. The van der Waals surface area contributed by atoms with E-state index in [1.165, 1.54) is 0 Å². The fourth-order valence-corrected chi connectivity index (χ4v) is 1.49. The lowest BCUT2D eigenvalue weighted by Crippen LogP contribution is -2.34. The summed E-state index contributed by atoms with van der Waals surface area (Å²) in [6.45, 7) is 1.14. The van der Waals surface area contributed by atoms with E-state index < -0.39 is 0 Å². The first-order chi connectivity index (χ1) is 7.84. The third-order valence-corrected chi connectivity index (χ3v) is 2.37. The zero-order chi connectivity index (χ0) is 11.2. The molecule has 3 nitrogen and oxygen atoms in total. The highest BCUT2D eigenvalue weighted by Crippen LogP contribution is 1.99. The number of carbonyl (C=O) groups excluding carboxylic acids is 1. The average Bonchev–Trinajstić information content (AvgIpc) is 2.96. The van der Waals surface area contributed by atoms with E-state index in [-0.39, 0.29) is 6.03 Å². The summed E-state index contributed by atoms with van der Waals surface area (Å²) in [6.07, 6.45) is 0. The van der Waals surface area contributed by atoms with Gasteiger partial charge < -0.3 is 10.6 Å². The molecule has 3 heteroatoms. The molecule has 0 heterocycles. The van der Waals surface area contributed by atoms with Crippen LogP contribution < -0.4 is 10.6 Å². The summed E-state index contributed by atoms with van der Waals surface area (Å²) in [7, 11) is 0. The van der Waals surface area contributed by atoms with Gasteiger partial charge in [-0.15, -0.1) is 5.56 Å². The van der Waals surface area contributed by atoms with Crippen LogP contribution in [0.25, 0.3) is 0 Å². The molecule has 0 fully saturated rings. The van der Waals surface area contributed by atoms with Crippen molar-refractivity contribution in [2.24, 2.45) is 0 Å². The number of nitrogens with one attached hydrogen (secondary N) is 2. The maximum absolute atomic E-state index is 11.4. The van der Waals surface area contributed by atoms with E-state index >= 15 is 0 Å². The lowest BCUT2D eigenvalue weighted by Gasteiger charge is -2.10. The van der Waals surface area contributed by atoms with E-state index in [1.54, 1.807) is 0 Å². The predicted octanol–water partition coefficient (Wildman–Crippen LogP) is 2.12. The summed E-state index contributed by atoms with van der Waals surface area (Å²) in [5.41, 5.74) is 2.23. The summed E-state index contributed by atoms with van der Waals surface area (Å²) in [6, 6.07) is 15.6. The Morgan fingerprint density at radius 1 is 1.19 bits per heavy atom. The van der Waals surface area contributed by atoms with E-state index in [0.29, 0.717) is 13.1 Å². The van der Waals surface area contributed by atoms with Gasteiger partial charge in [0.2, 0.25) is 0 Å². The summed E-state index contributed by atoms with van der Waals surface area (Å²) >= 11 is 0. The first kappa shape index (κ1) is 10.5. The molecule has 0 saturated carbocycles. The maximum atomic E-state index is 11.4. The summed E-state index contributed by atoms with van der Waals surface area (Å²) in [4.78, 5) is 11.4. The zero-order valence-electron chi connectivity index (χ0n) is 8.94. The Labute approximate surface area is 94.8 Å². The van der Waals surface area contributed by atoms with Crippen LogP contribution in [-0.2, 0) is 13.1 Å². The highest BCUT2D eigenvalue weighted by molar-refractivity contribution is 5.73. The molecule has 84 valence electrons. The third kappa shape index (κ3) is 2.98. The highest BCUT2D eigenvalue weighted by Gasteiger charge is 1.95. The minimum atomic E-state index is -0.137. The van der Waals surface area contributed by atoms with Crippen molar-refractivity contribution in [2.75, 3.05) is 0 Å². The number of carbonyl (C=O) groups is 1. The van der Waals surface area contributed by atoms with E-state index in [9.17, 15) is 4.79 Å². The average molecular weight is 214 g/mol. The number of rotatable bonds is 4. The third-order valence-electron chi connectivity index (χ3n) is 2.37. The van der Waals surface area contributed by atoms with Crippen LogP contribution in [-0.4, -0.2) is 6.03 Å². The van der Waals surface area contributed by atoms with Gasteiger partial charge >= 0.3 is 6.03 Å². The largest absolute Gasteiger partial charge is 0.346 e. The van der Waals surface area contributed by atoms with Gasteiger partial charge in [-0.25, -0.2) is 23.0 Å². The molecule has 0 saturated heterocycles. The molecule has 16 heavy (non-hydrogen) atoms. The second-order valence-electron chi connectivity index (χ2n) is 3.62.